The van der Waals surface area contributed by atoms with E-state index in [1.54, 1.807) is 11.8 Å². The minimum atomic E-state index is -0.166. The molecule has 4 heteroatoms. The van der Waals surface area contributed by atoms with Crippen molar-refractivity contribution in [1.82, 2.24) is 5.32 Å². The lowest BCUT2D eigenvalue weighted by Crippen LogP contribution is -2.42. The summed E-state index contributed by atoms with van der Waals surface area (Å²) >= 11 is 5.29. The van der Waals surface area contributed by atoms with Crippen LogP contribution in [0.25, 0.3) is 0 Å². The zero-order valence-electron chi connectivity index (χ0n) is 8.81. The second kappa shape index (κ2) is 5.40. The Morgan fingerprint density at radius 2 is 2.43 bits per heavy atom. The minimum absolute atomic E-state index is 0.166. The lowest BCUT2D eigenvalue weighted by molar-refractivity contribution is -0.123. The Morgan fingerprint density at radius 1 is 1.71 bits per heavy atom. The van der Waals surface area contributed by atoms with Crippen LogP contribution in [0.2, 0.25) is 0 Å². The largest absolute Gasteiger partial charge is 0.354 e. The number of hydrogen-bond donors (Lipinski definition) is 1. The highest BCUT2D eigenvalue weighted by atomic mass is 79.9. The van der Waals surface area contributed by atoms with E-state index in [4.69, 9.17) is 0 Å². The highest BCUT2D eigenvalue weighted by molar-refractivity contribution is 9.09. The van der Waals surface area contributed by atoms with Crippen molar-refractivity contribution in [2.75, 3.05) is 12.3 Å². The standard InChI is InChI=1S/C10H18BrNOS/c1-3-8(11)7-12-9(13)10(2)5-4-6-14-10/h8H,3-7H2,1-2H3,(H,12,13). The lowest BCUT2D eigenvalue weighted by atomic mass is 10.0. The summed E-state index contributed by atoms with van der Waals surface area (Å²) in [6.07, 6.45) is 3.23. The summed E-state index contributed by atoms with van der Waals surface area (Å²) in [6, 6.07) is 0. The molecule has 2 atom stereocenters. The summed E-state index contributed by atoms with van der Waals surface area (Å²) in [5.74, 6) is 1.33. The number of rotatable bonds is 4. The number of alkyl halides is 1. The SMILES string of the molecule is CCC(Br)CNC(=O)C1(C)CCCS1. The third-order valence-corrected chi connectivity index (χ3v) is 5.12. The fourth-order valence-electron chi connectivity index (χ4n) is 1.49. The topological polar surface area (TPSA) is 29.1 Å². The van der Waals surface area contributed by atoms with Crippen LogP contribution in [0.1, 0.15) is 33.1 Å². The van der Waals surface area contributed by atoms with Gasteiger partial charge in [0.2, 0.25) is 5.91 Å². The van der Waals surface area contributed by atoms with Gasteiger partial charge in [0, 0.05) is 11.4 Å². The van der Waals surface area contributed by atoms with Crippen LogP contribution in [0, 0.1) is 0 Å². The molecule has 0 bridgehead atoms. The molecule has 1 N–H and O–H groups in total. The van der Waals surface area contributed by atoms with Gasteiger partial charge < -0.3 is 5.32 Å². The zero-order chi connectivity index (χ0) is 10.6. The van der Waals surface area contributed by atoms with Crippen molar-refractivity contribution in [2.45, 2.75) is 42.7 Å². The molecule has 1 aliphatic rings. The number of halogens is 1. The van der Waals surface area contributed by atoms with Gasteiger partial charge in [0.1, 0.15) is 0 Å². The molecule has 1 saturated heterocycles. The predicted octanol–water partition coefficient (Wildman–Crippen LogP) is 2.56. The van der Waals surface area contributed by atoms with Crippen LogP contribution in [0.3, 0.4) is 0 Å². The molecular formula is C10H18BrNOS. The Balaban J connectivity index is 2.34. The normalized spacial score (nSPS) is 28.8. The molecule has 0 aromatic heterocycles. The van der Waals surface area contributed by atoms with E-state index < -0.39 is 0 Å². The molecule has 1 heterocycles. The van der Waals surface area contributed by atoms with Crippen molar-refractivity contribution < 1.29 is 4.79 Å². The van der Waals surface area contributed by atoms with Gasteiger partial charge in [-0.05, 0) is 31.9 Å². The Hall–Kier alpha value is 0.300. The molecule has 0 radical (unpaired) electrons. The summed E-state index contributed by atoms with van der Waals surface area (Å²) < 4.78 is -0.166. The van der Waals surface area contributed by atoms with E-state index in [9.17, 15) is 4.79 Å². The Bertz CT molecular complexity index is 204. The molecule has 1 fully saturated rings. The van der Waals surface area contributed by atoms with Crippen molar-refractivity contribution in [3.63, 3.8) is 0 Å². The second-order valence-corrected chi connectivity index (χ2v) is 6.79. The van der Waals surface area contributed by atoms with Crippen LogP contribution in [0.15, 0.2) is 0 Å². The van der Waals surface area contributed by atoms with Gasteiger partial charge in [-0.25, -0.2) is 0 Å². The van der Waals surface area contributed by atoms with Crippen LogP contribution >= 0.6 is 27.7 Å². The van der Waals surface area contributed by atoms with E-state index in [1.807, 2.05) is 0 Å². The number of amides is 1. The average molecular weight is 280 g/mol. The van der Waals surface area contributed by atoms with E-state index in [0.717, 1.165) is 25.1 Å². The Labute approximate surface area is 98.7 Å². The molecule has 0 aromatic rings. The van der Waals surface area contributed by atoms with Crippen LogP contribution in [-0.4, -0.2) is 27.8 Å². The average Bonchev–Trinajstić information content (AvgIpc) is 2.62. The van der Waals surface area contributed by atoms with Crippen LogP contribution in [0.4, 0.5) is 0 Å². The molecule has 1 rings (SSSR count). The van der Waals surface area contributed by atoms with Gasteiger partial charge >= 0.3 is 0 Å². The quantitative estimate of drug-likeness (QED) is 0.802. The van der Waals surface area contributed by atoms with Crippen molar-refractivity contribution in [3.05, 3.63) is 0 Å². The van der Waals surface area contributed by atoms with Crippen molar-refractivity contribution in [1.29, 1.82) is 0 Å². The van der Waals surface area contributed by atoms with Gasteiger partial charge in [-0.2, -0.15) is 0 Å². The molecule has 1 amide bonds. The molecule has 2 nitrogen and oxygen atoms in total. The first kappa shape index (κ1) is 12.4. The van der Waals surface area contributed by atoms with Crippen molar-refractivity contribution >= 4 is 33.6 Å². The van der Waals surface area contributed by atoms with Crippen molar-refractivity contribution in [2.24, 2.45) is 0 Å². The summed E-state index contributed by atoms with van der Waals surface area (Å²) in [5, 5.41) is 3.01. The fraction of sp³-hybridized carbons (Fsp3) is 0.900. The second-order valence-electron chi connectivity index (χ2n) is 3.90. The highest BCUT2D eigenvalue weighted by Crippen LogP contribution is 2.37. The smallest absolute Gasteiger partial charge is 0.235 e. The third-order valence-electron chi connectivity index (χ3n) is 2.63. The molecule has 0 saturated carbocycles. The number of hydrogen-bond acceptors (Lipinski definition) is 2. The van der Waals surface area contributed by atoms with E-state index in [-0.39, 0.29) is 10.7 Å². The van der Waals surface area contributed by atoms with Gasteiger partial charge in [-0.15, -0.1) is 11.8 Å². The number of thioether (sulfide) groups is 1. The van der Waals surface area contributed by atoms with Gasteiger partial charge in [0.15, 0.2) is 0 Å². The van der Waals surface area contributed by atoms with Gasteiger partial charge in [-0.3, -0.25) is 4.79 Å². The Morgan fingerprint density at radius 3 is 2.93 bits per heavy atom. The van der Waals surface area contributed by atoms with Gasteiger partial charge in [0.05, 0.1) is 4.75 Å². The summed E-state index contributed by atoms with van der Waals surface area (Å²) in [5.41, 5.74) is 0. The van der Waals surface area contributed by atoms with E-state index in [1.165, 1.54) is 6.42 Å². The van der Waals surface area contributed by atoms with Crippen LogP contribution in [0.5, 0.6) is 0 Å². The number of carbonyl (C=O) groups excluding carboxylic acids is 1. The number of nitrogens with one attached hydrogen (secondary N) is 1. The molecule has 82 valence electrons. The van der Waals surface area contributed by atoms with Crippen LogP contribution < -0.4 is 5.32 Å². The summed E-state index contributed by atoms with van der Waals surface area (Å²) in [7, 11) is 0. The first-order chi connectivity index (χ1) is 6.58. The molecular weight excluding hydrogens is 262 g/mol. The van der Waals surface area contributed by atoms with E-state index >= 15 is 0 Å². The monoisotopic (exact) mass is 279 g/mol. The van der Waals surface area contributed by atoms with E-state index in [2.05, 4.69) is 35.1 Å². The van der Waals surface area contributed by atoms with Gasteiger partial charge in [0.25, 0.3) is 0 Å². The molecule has 2 unspecified atom stereocenters. The molecule has 1 aliphatic heterocycles. The maximum Gasteiger partial charge on any atom is 0.235 e. The zero-order valence-corrected chi connectivity index (χ0v) is 11.2. The summed E-state index contributed by atoms with van der Waals surface area (Å²) in [6.45, 7) is 4.90. The maximum absolute atomic E-state index is 11.8. The minimum Gasteiger partial charge on any atom is -0.354 e. The number of carbonyl (C=O) groups is 1. The first-order valence-electron chi connectivity index (χ1n) is 5.15. The Kier molecular flexibility index (Phi) is 4.77. The maximum atomic E-state index is 11.8. The summed E-state index contributed by atoms with van der Waals surface area (Å²) in [4.78, 5) is 12.2. The predicted molar refractivity (Wildman–Crippen MR) is 66.1 cm³/mol. The lowest BCUT2D eigenvalue weighted by Gasteiger charge is -2.22. The first-order valence-corrected chi connectivity index (χ1v) is 7.05. The molecule has 0 aromatic carbocycles. The molecule has 0 aliphatic carbocycles. The van der Waals surface area contributed by atoms with Crippen LogP contribution in [-0.2, 0) is 4.79 Å². The van der Waals surface area contributed by atoms with E-state index in [0.29, 0.717) is 4.83 Å². The highest BCUT2D eigenvalue weighted by Gasteiger charge is 2.36. The molecule has 0 spiro atoms. The molecule has 14 heavy (non-hydrogen) atoms. The van der Waals surface area contributed by atoms with Crippen molar-refractivity contribution in [3.8, 4) is 0 Å². The third kappa shape index (κ3) is 3.16. The fourth-order valence-corrected chi connectivity index (χ4v) is 2.89. The van der Waals surface area contributed by atoms with Gasteiger partial charge in [-0.1, -0.05) is 22.9 Å².